The molecule has 4 heteroatoms. The minimum atomic E-state index is -0.0423. The summed E-state index contributed by atoms with van der Waals surface area (Å²) in [4.78, 5) is 6.95. The number of hydrogen-bond acceptors (Lipinski definition) is 4. The molecule has 114 valence electrons. The lowest BCUT2D eigenvalue weighted by atomic mass is 9.75. The molecule has 1 aromatic carbocycles. The Balaban J connectivity index is 2.08. The molecular formula is C17H25N3O. The summed E-state index contributed by atoms with van der Waals surface area (Å²) in [5, 5.41) is 0. The minimum Gasteiger partial charge on any atom is -0.497 e. The van der Waals surface area contributed by atoms with Gasteiger partial charge >= 0.3 is 0 Å². The molecule has 2 unspecified atom stereocenters. The van der Waals surface area contributed by atoms with Crippen LogP contribution in [0.4, 0.5) is 0 Å². The molecule has 2 N–H and O–H groups in total. The first-order valence-electron chi connectivity index (χ1n) is 7.89. The molecule has 0 saturated heterocycles. The van der Waals surface area contributed by atoms with Gasteiger partial charge in [-0.15, -0.1) is 0 Å². The first-order valence-corrected chi connectivity index (χ1v) is 7.89. The number of ether oxygens (including phenoxy) is 1. The smallest absolute Gasteiger partial charge is 0.192 e. The van der Waals surface area contributed by atoms with Crippen LogP contribution in [0.25, 0.3) is 0 Å². The van der Waals surface area contributed by atoms with E-state index in [0.717, 1.165) is 31.6 Å². The largest absolute Gasteiger partial charge is 0.497 e. The third-order valence-electron chi connectivity index (χ3n) is 5.09. The number of guanidine groups is 1. The van der Waals surface area contributed by atoms with Crippen LogP contribution in [0.3, 0.4) is 0 Å². The zero-order chi connectivity index (χ0) is 15.0. The summed E-state index contributed by atoms with van der Waals surface area (Å²) in [6.45, 7) is 5.23. The maximum Gasteiger partial charge on any atom is 0.192 e. The predicted octanol–water partition coefficient (Wildman–Crippen LogP) is 2.66. The van der Waals surface area contributed by atoms with Crippen LogP contribution < -0.4 is 10.5 Å². The number of aliphatic imine (C=N–C) groups is 1. The molecule has 4 nitrogen and oxygen atoms in total. The van der Waals surface area contributed by atoms with Gasteiger partial charge in [-0.3, -0.25) is 4.99 Å². The van der Waals surface area contributed by atoms with Crippen LogP contribution in [0.2, 0.25) is 0 Å². The van der Waals surface area contributed by atoms with Crippen LogP contribution in [-0.2, 0) is 12.0 Å². The lowest BCUT2D eigenvalue weighted by Crippen LogP contribution is -2.54. The van der Waals surface area contributed by atoms with E-state index in [2.05, 4.69) is 41.9 Å². The van der Waals surface area contributed by atoms with Gasteiger partial charge in [0.2, 0.25) is 0 Å². The van der Waals surface area contributed by atoms with Gasteiger partial charge in [0.05, 0.1) is 19.2 Å². The van der Waals surface area contributed by atoms with Gasteiger partial charge in [0.1, 0.15) is 5.75 Å². The number of benzene rings is 1. The van der Waals surface area contributed by atoms with Crippen molar-refractivity contribution in [1.29, 1.82) is 0 Å². The molecule has 1 heterocycles. The second kappa shape index (κ2) is 5.24. The number of methoxy groups -OCH3 is 1. The van der Waals surface area contributed by atoms with Gasteiger partial charge in [-0.1, -0.05) is 13.0 Å². The van der Waals surface area contributed by atoms with E-state index >= 15 is 0 Å². The van der Waals surface area contributed by atoms with Gasteiger partial charge in [0.25, 0.3) is 0 Å². The molecule has 2 aliphatic rings. The third kappa shape index (κ3) is 2.08. The van der Waals surface area contributed by atoms with Crippen molar-refractivity contribution < 1.29 is 4.74 Å². The van der Waals surface area contributed by atoms with E-state index in [0.29, 0.717) is 12.0 Å². The van der Waals surface area contributed by atoms with E-state index in [1.165, 1.54) is 17.5 Å². The van der Waals surface area contributed by atoms with Crippen molar-refractivity contribution in [2.24, 2.45) is 10.7 Å². The van der Waals surface area contributed by atoms with Crippen LogP contribution in [0.15, 0.2) is 23.2 Å². The number of nitrogens with zero attached hydrogens (tertiary/aromatic N) is 2. The lowest BCUT2D eigenvalue weighted by molar-refractivity contribution is 0.130. The second-order valence-corrected chi connectivity index (χ2v) is 6.21. The molecule has 21 heavy (non-hydrogen) atoms. The Hall–Kier alpha value is -1.71. The van der Waals surface area contributed by atoms with Gasteiger partial charge in [-0.2, -0.15) is 0 Å². The molecule has 0 radical (unpaired) electrons. The van der Waals surface area contributed by atoms with Gasteiger partial charge in [0.15, 0.2) is 5.96 Å². The van der Waals surface area contributed by atoms with E-state index in [1.807, 2.05) is 0 Å². The Bertz CT molecular complexity index is 569. The number of aryl methyl sites for hydroxylation is 1. The Morgan fingerprint density at radius 1 is 1.48 bits per heavy atom. The van der Waals surface area contributed by atoms with Crippen molar-refractivity contribution in [2.45, 2.75) is 51.1 Å². The molecule has 0 fully saturated rings. The summed E-state index contributed by atoms with van der Waals surface area (Å²) in [6.07, 6.45) is 4.49. The van der Waals surface area contributed by atoms with E-state index in [1.54, 1.807) is 7.11 Å². The molecule has 2 atom stereocenters. The molecule has 1 spiro atoms. The Morgan fingerprint density at radius 3 is 3.00 bits per heavy atom. The Labute approximate surface area is 127 Å². The molecule has 0 amide bonds. The summed E-state index contributed by atoms with van der Waals surface area (Å²) in [7, 11) is 1.72. The number of rotatable bonds is 3. The number of nitrogens with two attached hydrogens (primary N) is 1. The second-order valence-electron chi connectivity index (χ2n) is 6.21. The fourth-order valence-electron chi connectivity index (χ4n) is 3.89. The highest BCUT2D eigenvalue weighted by molar-refractivity contribution is 5.82. The quantitative estimate of drug-likeness (QED) is 0.930. The first-order chi connectivity index (χ1) is 10.1. The highest BCUT2D eigenvalue weighted by atomic mass is 16.5. The summed E-state index contributed by atoms with van der Waals surface area (Å²) in [6, 6.07) is 6.87. The molecule has 0 bridgehead atoms. The number of hydrogen-bond donors (Lipinski definition) is 1. The molecule has 0 aromatic heterocycles. The van der Waals surface area contributed by atoms with Crippen LogP contribution in [0.1, 0.15) is 44.2 Å². The van der Waals surface area contributed by atoms with Gasteiger partial charge in [-0.25, -0.2) is 0 Å². The van der Waals surface area contributed by atoms with Crippen molar-refractivity contribution in [3.05, 3.63) is 29.3 Å². The van der Waals surface area contributed by atoms with Crippen LogP contribution in [-0.4, -0.2) is 30.6 Å². The van der Waals surface area contributed by atoms with Gasteiger partial charge < -0.3 is 15.4 Å². The minimum absolute atomic E-state index is 0.0423. The Morgan fingerprint density at radius 2 is 2.29 bits per heavy atom. The summed E-state index contributed by atoms with van der Waals surface area (Å²) >= 11 is 0. The third-order valence-corrected chi connectivity index (χ3v) is 5.09. The van der Waals surface area contributed by atoms with E-state index in [9.17, 15) is 0 Å². The van der Waals surface area contributed by atoms with Crippen LogP contribution in [0.5, 0.6) is 5.75 Å². The topological polar surface area (TPSA) is 50.8 Å². The fraction of sp³-hybridized carbons (Fsp3) is 0.588. The van der Waals surface area contributed by atoms with E-state index in [-0.39, 0.29) is 5.54 Å². The van der Waals surface area contributed by atoms with Crippen molar-refractivity contribution in [3.8, 4) is 5.75 Å². The predicted molar refractivity (Wildman–Crippen MR) is 85.7 cm³/mol. The summed E-state index contributed by atoms with van der Waals surface area (Å²) in [5.74, 6) is 1.64. The van der Waals surface area contributed by atoms with Crippen LogP contribution in [0, 0.1) is 0 Å². The molecule has 0 saturated carbocycles. The van der Waals surface area contributed by atoms with Crippen molar-refractivity contribution in [1.82, 2.24) is 4.90 Å². The van der Waals surface area contributed by atoms with Crippen molar-refractivity contribution in [2.75, 3.05) is 13.7 Å². The normalized spacial score (nSPS) is 25.7. The highest BCUT2D eigenvalue weighted by Crippen LogP contribution is 2.45. The lowest BCUT2D eigenvalue weighted by Gasteiger charge is -2.46. The zero-order valence-electron chi connectivity index (χ0n) is 13.2. The molecule has 1 aliphatic heterocycles. The molecule has 3 rings (SSSR count). The Kier molecular flexibility index (Phi) is 3.56. The van der Waals surface area contributed by atoms with Crippen molar-refractivity contribution in [3.63, 3.8) is 0 Å². The average molecular weight is 287 g/mol. The van der Waals surface area contributed by atoms with Gasteiger partial charge in [0, 0.05) is 6.04 Å². The van der Waals surface area contributed by atoms with E-state index in [4.69, 9.17) is 10.5 Å². The SMILES string of the molecule is CCC(C)N1C(N)=NCC12CCCc1cc(OC)ccc12. The monoisotopic (exact) mass is 287 g/mol. The molecular weight excluding hydrogens is 262 g/mol. The molecule has 1 aromatic rings. The average Bonchev–Trinajstić information content (AvgIpc) is 2.83. The summed E-state index contributed by atoms with van der Waals surface area (Å²) < 4.78 is 5.38. The van der Waals surface area contributed by atoms with Gasteiger partial charge in [-0.05, 0) is 55.9 Å². The highest BCUT2D eigenvalue weighted by Gasteiger charge is 2.47. The number of fused-ring (bicyclic) bond motifs is 2. The standard InChI is InChI=1S/C17H25N3O/c1-4-12(2)20-16(18)19-11-17(20)9-5-6-13-10-14(21-3)7-8-15(13)17/h7-8,10,12H,4-6,9,11H2,1-3H3,(H2,18,19). The first kappa shape index (κ1) is 14.2. The van der Waals surface area contributed by atoms with Crippen LogP contribution >= 0.6 is 0 Å². The molecule has 1 aliphatic carbocycles. The zero-order valence-corrected chi connectivity index (χ0v) is 13.2. The maximum absolute atomic E-state index is 6.23. The van der Waals surface area contributed by atoms with E-state index < -0.39 is 0 Å². The van der Waals surface area contributed by atoms with Crippen molar-refractivity contribution >= 4 is 5.96 Å². The summed E-state index contributed by atoms with van der Waals surface area (Å²) in [5.41, 5.74) is 8.96. The maximum atomic E-state index is 6.23. The fourth-order valence-corrected chi connectivity index (χ4v) is 3.89.